The molecule has 0 bridgehead atoms. The summed E-state index contributed by atoms with van der Waals surface area (Å²) >= 11 is 0. The van der Waals surface area contributed by atoms with Gasteiger partial charge in [0.15, 0.2) is 6.79 Å². The molecule has 0 fully saturated rings. The van der Waals surface area contributed by atoms with E-state index >= 15 is 0 Å². The molecule has 1 aliphatic carbocycles. The number of aliphatic hydroxyl groups excluding tert-OH is 1. The van der Waals surface area contributed by atoms with Gasteiger partial charge in [0.2, 0.25) is 6.79 Å². The fraction of sp³-hybridized carbons (Fsp3) is 0.442. The maximum absolute atomic E-state index is 8.81. The van der Waals surface area contributed by atoms with E-state index in [0.29, 0.717) is 11.5 Å². The van der Waals surface area contributed by atoms with Crippen molar-refractivity contribution in [3.63, 3.8) is 0 Å². The molecule has 0 aliphatic heterocycles. The van der Waals surface area contributed by atoms with E-state index in [-0.39, 0.29) is 20.2 Å². The van der Waals surface area contributed by atoms with Gasteiger partial charge in [-0.05, 0) is 91.8 Å². The van der Waals surface area contributed by atoms with Gasteiger partial charge in [-0.25, -0.2) is 5.26 Å². The van der Waals surface area contributed by atoms with Crippen molar-refractivity contribution in [1.82, 2.24) is 0 Å². The zero-order valence-corrected chi connectivity index (χ0v) is 31.8. The Hall–Kier alpha value is -4.08. The first-order valence-corrected chi connectivity index (χ1v) is 17.7. The van der Waals surface area contributed by atoms with Crippen LogP contribution in [0.3, 0.4) is 0 Å². The van der Waals surface area contributed by atoms with E-state index < -0.39 is 0 Å². The molecule has 2 N–H and O–H groups in total. The molecule has 8 heteroatoms. The van der Waals surface area contributed by atoms with E-state index in [9.17, 15) is 0 Å². The molecule has 0 spiro atoms. The standard InChI is InChI=1S/C34H46O5.C3H6O.C3H6.C2H4O.CH2O/c1-4-6-9-14-27-15-10-7-8-11-17-29(18-13-12-16-27)34-20-19-30(21-28(34)5-2)31-22-32(37-25-36-3)24-33(23-31)38-26-39-35;1-2-3-4;1-3-2;1-2-3;1-2/h8,11,13,17-24,27,35H,4-7,9-10,12,14-16,25-26H2,1-3H3;2,4H,1,3H2;3H,1H2,2H3;2H,1H3;1H2/b11-8+,18-13-,29-17+;;;;. The molecule has 0 radical (unpaired) electrons. The maximum atomic E-state index is 8.81. The van der Waals surface area contributed by atoms with E-state index in [1.807, 2.05) is 25.8 Å². The summed E-state index contributed by atoms with van der Waals surface area (Å²) in [6.07, 6.45) is 27.9. The Balaban J connectivity index is 0. The lowest BCUT2D eigenvalue weighted by Gasteiger charge is -2.16. The number of allylic oxidation sites excluding steroid dienone is 7. The van der Waals surface area contributed by atoms with Crippen molar-refractivity contribution in [2.24, 2.45) is 5.92 Å². The molecule has 3 rings (SSSR count). The number of benzene rings is 2. The van der Waals surface area contributed by atoms with Crippen LogP contribution in [-0.4, -0.2) is 50.7 Å². The largest absolute Gasteiger partial charge is 0.467 e. The minimum atomic E-state index is -0.264. The maximum Gasteiger partial charge on any atom is 0.220 e. The van der Waals surface area contributed by atoms with Gasteiger partial charge in [0.1, 0.15) is 24.6 Å². The molecule has 2 aromatic rings. The second kappa shape index (κ2) is 35.7. The average Bonchev–Trinajstić information content (AvgIpc) is 3.15. The second-order valence-corrected chi connectivity index (χ2v) is 11.3. The number of methoxy groups -OCH3 is 1. The molecule has 51 heavy (non-hydrogen) atoms. The number of aryl methyl sites for hydroxylation is 1. The zero-order chi connectivity index (χ0) is 38.5. The van der Waals surface area contributed by atoms with Crippen LogP contribution in [0.25, 0.3) is 16.7 Å². The minimum absolute atomic E-state index is 0.0833. The van der Waals surface area contributed by atoms with Gasteiger partial charge in [-0.3, -0.25) is 0 Å². The lowest BCUT2D eigenvalue weighted by Crippen LogP contribution is -2.02. The van der Waals surface area contributed by atoms with Gasteiger partial charge >= 0.3 is 0 Å². The van der Waals surface area contributed by atoms with Crippen molar-refractivity contribution in [2.75, 3.05) is 27.3 Å². The fourth-order valence-corrected chi connectivity index (χ4v) is 5.16. The summed E-state index contributed by atoms with van der Waals surface area (Å²) < 4.78 is 16.2. The van der Waals surface area contributed by atoms with Crippen LogP contribution in [-0.2, 0) is 25.6 Å². The van der Waals surface area contributed by atoms with Crippen molar-refractivity contribution in [3.8, 4) is 22.6 Å². The summed E-state index contributed by atoms with van der Waals surface area (Å²) in [5.41, 5.74) is 5.81. The van der Waals surface area contributed by atoms with Gasteiger partial charge in [-0.1, -0.05) is 107 Å². The molecule has 0 aromatic heterocycles. The third kappa shape index (κ3) is 23.9. The first kappa shape index (κ1) is 49.0. The van der Waals surface area contributed by atoms with Crippen LogP contribution in [0.5, 0.6) is 11.5 Å². The minimum Gasteiger partial charge on any atom is -0.467 e. The van der Waals surface area contributed by atoms with Crippen molar-refractivity contribution in [3.05, 3.63) is 103 Å². The Morgan fingerprint density at radius 3 is 2.12 bits per heavy atom. The Bertz CT molecular complexity index is 1230. The lowest BCUT2D eigenvalue weighted by molar-refractivity contribution is -0.278. The summed E-state index contributed by atoms with van der Waals surface area (Å²) in [5, 5.41) is 16.5. The van der Waals surface area contributed by atoms with Crippen LogP contribution in [0.4, 0.5) is 0 Å². The van der Waals surface area contributed by atoms with Gasteiger partial charge in [-0.2, -0.15) is 4.89 Å². The second-order valence-electron chi connectivity index (χ2n) is 11.3. The van der Waals surface area contributed by atoms with Crippen molar-refractivity contribution in [1.29, 1.82) is 0 Å². The molecular weight excluding hydrogens is 644 g/mol. The van der Waals surface area contributed by atoms with Gasteiger partial charge in [-0.15, -0.1) is 13.2 Å². The third-order valence-corrected chi connectivity index (χ3v) is 7.41. The highest BCUT2D eigenvalue weighted by atomic mass is 17.1. The molecule has 1 atom stereocenters. The molecule has 8 nitrogen and oxygen atoms in total. The fourth-order valence-electron chi connectivity index (χ4n) is 5.16. The van der Waals surface area contributed by atoms with Crippen LogP contribution in [0.15, 0.2) is 92.1 Å². The highest BCUT2D eigenvalue weighted by Gasteiger charge is 2.12. The summed E-state index contributed by atoms with van der Waals surface area (Å²) in [5.74, 6) is 2.00. The van der Waals surface area contributed by atoms with Crippen molar-refractivity contribution in [2.45, 2.75) is 91.9 Å². The highest BCUT2D eigenvalue weighted by molar-refractivity contribution is 5.80. The van der Waals surface area contributed by atoms with Gasteiger partial charge in [0.25, 0.3) is 0 Å². The molecule has 0 heterocycles. The zero-order valence-electron chi connectivity index (χ0n) is 31.8. The third-order valence-electron chi connectivity index (χ3n) is 7.41. The predicted molar refractivity (Wildman–Crippen MR) is 212 cm³/mol. The topological polar surface area (TPSA) is 112 Å². The van der Waals surface area contributed by atoms with E-state index in [2.05, 4.69) is 80.5 Å². The Morgan fingerprint density at radius 1 is 0.902 bits per heavy atom. The number of carbonyl (C=O) groups is 2. The number of aliphatic hydroxyl groups is 1. The van der Waals surface area contributed by atoms with E-state index in [1.54, 1.807) is 19.3 Å². The summed E-state index contributed by atoms with van der Waals surface area (Å²) in [6.45, 7) is 16.4. The van der Waals surface area contributed by atoms with E-state index in [1.165, 1.54) is 74.6 Å². The van der Waals surface area contributed by atoms with Crippen LogP contribution in [0.1, 0.15) is 96.6 Å². The van der Waals surface area contributed by atoms with E-state index in [0.717, 1.165) is 42.6 Å². The first-order chi connectivity index (χ1) is 24.9. The number of rotatable bonds is 14. The number of hydrogen-bond donors (Lipinski definition) is 2. The average molecular weight is 709 g/mol. The molecule has 284 valence electrons. The molecule has 1 unspecified atom stereocenters. The predicted octanol–water partition coefficient (Wildman–Crippen LogP) is 10.8. The Labute approximate surface area is 308 Å². The number of unbranched alkanes of at least 4 members (excludes halogenated alkanes) is 2. The summed E-state index contributed by atoms with van der Waals surface area (Å²) in [6, 6.07) is 12.2. The number of ether oxygens (including phenoxy) is 3. The lowest BCUT2D eigenvalue weighted by atomic mass is 9.90. The Kier molecular flexibility index (Phi) is 34.4. The summed E-state index contributed by atoms with van der Waals surface area (Å²) in [4.78, 5) is 20.9. The van der Waals surface area contributed by atoms with Gasteiger partial charge in [0, 0.05) is 13.2 Å². The Morgan fingerprint density at radius 2 is 1.55 bits per heavy atom. The first-order valence-electron chi connectivity index (χ1n) is 17.7. The number of hydrogen-bond acceptors (Lipinski definition) is 8. The monoisotopic (exact) mass is 708 g/mol. The molecule has 0 amide bonds. The van der Waals surface area contributed by atoms with Crippen LogP contribution in [0.2, 0.25) is 0 Å². The molecule has 0 saturated carbocycles. The molecule has 2 aromatic carbocycles. The van der Waals surface area contributed by atoms with Crippen molar-refractivity contribution < 1.29 is 39.1 Å². The van der Waals surface area contributed by atoms with Crippen LogP contribution >= 0.6 is 0 Å². The van der Waals surface area contributed by atoms with Crippen LogP contribution < -0.4 is 9.47 Å². The van der Waals surface area contributed by atoms with Crippen molar-refractivity contribution >= 4 is 18.6 Å². The SMILES string of the molecule is C=CC.C=CCO.C=O.CC=O.CCCCCC1CC\C=C/C(c2ccc(-c3cc(OCOC)cc(OCOO)c3)cc2CC)=C\C=C\CCC1. The smallest absolute Gasteiger partial charge is 0.220 e. The molecule has 0 saturated heterocycles. The van der Waals surface area contributed by atoms with E-state index in [4.69, 9.17) is 34.2 Å². The van der Waals surface area contributed by atoms with Crippen LogP contribution in [0, 0.1) is 5.92 Å². The normalized spacial score (nSPS) is 15.8. The number of aldehydes is 1. The number of carbonyl (C=O) groups excluding carboxylic acids is 2. The highest BCUT2D eigenvalue weighted by Crippen LogP contribution is 2.33. The molecular formula is C43H64O8. The quantitative estimate of drug-likeness (QED) is 0.0498. The summed E-state index contributed by atoms with van der Waals surface area (Å²) in [7, 11) is 1.58. The molecule has 1 aliphatic rings. The van der Waals surface area contributed by atoms with Gasteiger partial charge < -0.3 is 28.9 Å². The van der Waals surface area contributed by atoms with Gasteiger partial charge in [0.05, 0.1) is 6.61 Å².